The van der Waals surface area contributed by atoms with E-state index in [0.717, 1.165) is 0 Å². The van der Waals surface area contributed by atoms with Gasteiger partial charge in [-0.2, -0.15) is 0 Å². The lowest BCUT2D eigenvalue weighted by Gasteiger charge is -2.20. The van der Waals surface area contributed by atoms with Crippen LogP contribution >= 0.6 is 0 Å². The zero-order valence-electron chi connectivity index (χ0n) is 11.8. The Kier molecular flexibility index (Phi) is 4.98. The third kappa shape index (κ3) is 2.71. The molecule has 0 radical (unpaired) electrons. The summed E-state index contributed by atoms with van der Waals surface area (Å²) < 4.78 is 138. The molecular formula is C14H4F10O. The van der Waals surface area contributed by atoms with Gasteiger partial charge in [0.25, 0.3) is 0 Å². The SMILES string of the molecule is COC(c1c(F)c(F)c(F)c(F)c1F)c1c(F)c(F)c(F)c(F)c1F. The van der Waals surface area contributed by atoms with Gasteiger partial charge < -0.3 is 4.74 Å². The molecule has 0 saturated heterocycles. The van der Waals surface area contributed by atoms with E-state index < -0.39 is 75.4 Å². The highest BCUT2D eigenvalue weighted by Gasteiger charge is 2.37. The Hall–Kier alpha value is -2.30. The summed E-state index contributed by atoms with van der Waals surface area (Å²) in [4.78, 5) is 0. The number of methoxy groups -OCH3 is 1. The second kappa shape index (κ2) is 6.54. The summed E-state index contributed by atoms with van der Waals surface area (Å²) in [5.41, 5.74) is -3.83. The van der Waals surface area contributed by atoms with Crippen LogP contribution in [0.4, 0.5) is 43.9 Å². The Balaban J connectivity index is 2.90. The zero-order chi connectivity index (χ0) is 19.2. The molecule has 136 valence electrons. The van der Waals surface area contributed by atoms with Gasteiger partial charge in [0.2, 0.25) is 11.6 Å². The maximum absolute atomic E-state index is 13.8. The van der Waals surface area contributed by atoms with Crippen LogP contribution in [0.15, 0.2) is 0 Å². The van der Waals surface area contributed by atoms with Crippen LogP contribution in [-0.4, -0.2) is 7.11 Å². The quantitative estimate of drug-likeness (QED) is 0.423. The number of hydrogen-bond donors (Lipinski definition) is 0. The molecule has 0 bridgehead atoms. The predicted molar refractivity (Wildman–Crippen MR) is 61.3 cm³/mol. The number of benzene rings is 2. The second-order valence-corrected chi connectivity index (χ2v) is 4.58. The molecule has 0 amide bonds. The largest absolute Gasteiger partial charge is 0.372 e. The first-order valence-corrected chi connectivity index (χ1v) is 6.11. The van der Waals surface area contributed by atoms with Crippen molar-refractivity contribution in [3.8, 4) is 0 Å². The van der Waals surface area contributed by atoms with Crippen molar-refractivity contribution in [1.82, 2.24) is 0 Å². The summed E-state index contributed by atoms with van der Waals surface area (Å²) >= 11 is 0. The van der Waals surface area contributed by atoms with E-state index in [4.69, 9.17) is 0 Å². The lowest BCUT2D eigenvalue weighted by Crippen LogP contribution is -2.18. The van der Waals surface area contributed by atoms with Crippen LogP contribution in [0.25, 0.3) is 0 Å². The second-order valence-electron chi connectivity index (χ2n) is 4.58. The molecule has 0 aromatic heterocycles. The molecule has 11 heteroatoms. The Morgan fingerprint density at radius 3 is 0.840 bits per heavy atom. The first-order valence-electron chi connectivity index (χ1n) is 6.11. The predicted octanol–water partition coefficient (Wildman–Crippen LogP) is 4.81. The normalized spacial score (nSPS) is 11.5. The monoisotopic (exact) mass is 378 g/mol. The molecule has 0 aliphatic heterocycles. The number of rotatable bonds is 3. The van der Waals surface area contributed by atoms with Crippen molar-refractivity contribution < 1.29 is 48.6 Å². The lowest BCUT2D eigenvalue weighted by atomic mass is 9.97. The van der Waals surface area contributed by atoms with Gasteiger partial charge in [0.05, 0.1) is 11.1 Å². The van der Waals surface area contributed by atoms with Gasteiger partial charge in [0.1, 0.15) is 6.10 Å². The minimum absolute atomic E-state index is 0.501. The van der Waals surface area contributed by atoms with Crippen molar-refractivity contribution in [2.45, 2.75) is 6.10 Å². The highest BCUT2D eigenvalue weighted by Crippen LogP contribution is 2.37. The fourth-order valence-corrected chi connectivity index (χ4v) is 2.08. The average Bonchev–Trinajstić information content (AvgIpc) is 2.60. The van der Waals surface area contributed by atoms with E-state index in [1.807, 2.05) is 0 Å². The molecule has 1 nitrogen and oxygen atoms in total. The Labute approximate surface area is 132 Å². The van der Waals surface area contributed by atoms with Gasteiger partial charge in [0, 0.05) is 7.11 Å². The van der Waals surface area contributed by atoms with E-state index in [9.17, 15) is 43.9 Å². The summed E-state index contributed by atoms with van der Waals surface area (Å²) in [6.45, 7) is 0. The van der Waals surface area contributed by atoms with Crippen LogP contribution in [0.3, 0.4) is 0 Å². The molecule has 0 aliphatic rings. The van der Waals surface area contributed by atoms with E-state index in [1.54, 1.807) is 0 Å². The molecule has 25 heavy (non-hydrogen) atoms. The van der Waals surface area contributed by atoms with Crippen molar-refractivity contribution in [1.29, 1.82) is 0 Å². The molecule has 2 rings (SSSR count). The highest BCUT2D eigenvalue weighted by molar-refractivity contribution is 5.36. The Morgan fingerprint density at radius 2 is 0.640 bits per heavy atom. The van der Waals surface area contributed by atoms with Gasteiger partial charge in [0.15, 0.2) is 46.5 Å². The summed E-state index contributed by atoms with van der Waals surface area (Å²) in [7, 11) is 0.501. The summed E-state index contributed by atoms with van der Waals surface area (Å²) in [6, 6.07) is 0. The Morgan fingerprint density at radius 1 is 0.440 bits per heavy atom. The molecule has 0 atom stereocenters. The molecule has 2 aromatic carbocycles. The third-order valence-corrected chi connectivity index (χ3v) is 3.25. The van der Waals surface area contributed by atoms with Gasteiger partial charge in [-0.1, -0.05) is 0 Å². The first-order chi connectivity index (χ1) is 11.6. The number of halogens is 10. The van der Waals surface area contributed by atoms with Crippen LogP contribution < -0.4 is 0 Å². The molecule has 0 heterocycles. The molecular weight excluding hydrogens is 374 g/mol. The van der Waals surface area contributed by atoms with Crippen LogP contribution in [0.1, 0.15) is 17.2 Å². The maximum Gasteiger partial charge on any atom is 0.200 e. The molecule has 0 unspecified atom stereocenters. The van der Waals surface area contributed by atoms with E-state index >= 15 is 0 Å². The molecule has 2 aromatic rings. The van der Waals surface area contributed by atoms with E-state index in [1.165, 1.54) is 0 Å². The van der Waals surface area contributed by atoms with Crippen molar-refractivity contribution >= 4 is 0 Å². The molecule has 0 fully saturated rings. The van der Waals surface area contributed by atoms with Crippen LogP contribution in [-0.2, 0) is 4.74 Å². The highest BCUT2D eigenvalue weighted by atomic mass is 19.2. The smallest absolute Gasteiger partial charge is 0.200 e. The molecule has 0 N–H and O–H groups in total. The number of hydrogen-bond acceptors (Lipinski definition) is 1. The zero-order valence-corrected chi connectivity index (χ0v) is 11.8. The average molecular weight is 378 g/mol. The maximum atomic E-state index is 13.8. The molecule has 0 saturated carbocycles. The minimum atomic E-state index is -2.81. The molecule has 0 aliphatic carbocycles. The third-order valence-electron chi connectivity index (χ3n) is 3.25. The summed E-state index contributed by atoms with van der Waals surface area (Å²) in [6.07, 6.45) is -2.81. The van der Waals surface area contributed by atoms with Crippen molar-refractivity contribution in [3.05, 3.63) is 69.3 Å². The summed E-state index contributed by atoms with van der Waals surface area (Å²) in [5, 5.41) is 0. The van der Waals surface area contributed by atoms with Crippen molar-refractivity contribution in [2.75, 3.05) is 7.11 Å². The van der Waals surface area contributed by atoms with Crippen LogP contribution in [0, 0.1) is 58.2 Å². The lowest BCUT2D eigenvalue weighted by molar-refractivity contribution is 0.117. The van der Waals surface area contributed by atoms with Crippen LogP contribution in [0.5, 0.6) is 0 Å². The summed E-state index contributed by atoms with van der Waals surface area (Å²) in [5.74, 6) is -25.3. The molecule has 0 spiro atoms. The van der Waals surface area contributed by atoms with Gasteiger partial charge in [-0.25, -0.2) is 43.9 Å². The van der Waals surface area contributed by atoms with Gasteiger partial charge in [-0.3, -0.25) is 0 Å². The van der Waals surface area contributed by atoms with Gasteiger partial charge >= 0.3 is 0 Å². The first kappa shape index (κ1) is 19.0. The standard InChI is InChI=1S/C14H4F10O/c1-25-14(2-4(15)8(19)12(23)9(20)5(2)16)3-6(17)10(21)13(24)11(22)7(3)18/h14H,1H3. The van der Waals surface area contributed by atoms with Gasteiger partial charge in [-0.15, -0.1) is 0 Å². The van der Waals surface area contributed by atoms with Crippen molar-refractivity contribution in [3.63, 3.8) is 0 Å². The van der Waals surface area contributed by atoms with E-state index in [-0.39, 0.29) is 0 Å². The van der Waals surface area contributed by atoms with Gasteiger partial charge in [-0.05, 0) is 0 Å². The minimum Gasteiger partial charge on any atom is -0.372 e. The Bertz CT molecular complexity index is 736. The topological polar surface area (TPSA) is 9.23 Å². The van der Waals surface area contributed by atoms with E-state index in [2.05, 4.69) is 4.74 Å². The number of ether oxygens (including phenoxy) is 1. The fourth-order valence-electron chi connectivity index (χ4n) is 2.08. The van der Waals surface area contributed by atoms with E-state index in [0.29, 0.717) is 7.11 Å². The van der Waals surface area contributed by atoms with Crippen LogP contribution in [0.2, 0.25) is 0 Å². The van der Waals surface area contributed by atoms with Crippen molar-refractivity contribution in [2.24, 2.45) is 0 Å². The fraction of sp³-hybridized carbons (Fsp3) is 0.143.